The van der Waals surface area contributed by atoms with Crippen molar-refractivity contribution in [3.05, 3.63) is 28.8 Å². The molecule has 0 amide bonds. The number of aliphatic hydroxyl groups is 2. The summed E-state index contributed by atoms with van der Waals surface area (Å²) in [7, 11) is 0. The number of carbonyl (C=O) groups excluding carboxylic acids is 1. The highest BCUT2D eigenvalue weighted by atomic mass is 79.9. The van der Waals surface area contributed by atoms with Gasteiger partial charge in [-0.2, -0.15) is 0 Å². The normalized spacial score (nSPS) is 14.3. The first-order chi connectivity index (χ1) is 8.38. The van der Waals surface area contributed by atoms with Gasteiger partial charge in [0, 0.05) is 5.33 Å². The lowest BCUT2D eigenvalue weighted by molar-refractivity contribution is 0.0169. The minimum atomic E-state index is -1.07. The molecule has 0 aliphatic rings. The predicted octanol–water partition coefficient (Wildman–Crippen LogP) is 2.08. The van der Waals surface area contributed by atoms with Crippen molar-refractivity contribution in [3.8, 4) is 5.75 Å². The van der Waals surface area contributed by atoms with Gasteiger partial charge in [0.1, 0.15) is 11.9 Å². The molecule has 1 aromatic rings. The van der Waals surface area contributed by atoms with Gasteiger partial charge in [0.05, 0.1) is 11.7 Å². The maximum atomic E-state index is 11.3. The van der Waals surface area contributed by atoms with Crippen LogP contribution >= 0.6 is 15.9 Å². The topological polar surface area (TPSA) is 77.8 Å². The summed E-state index contributed by atoms with van der Waals surface area (Å²) in [6.07, 6.45) is -1.59. The van der Waals surface area contributed by atoms with Crippen LogP contribution < -0.4 is 0 Å². The molecule has 2 unspecified atom stereocenters. The number of phenols is 1. The van der Waals surface area contributed by atoms with Gasteiger partial charge in [0.2, 0.25) is 0 Å². The van der Waals surface area contributed by atoms with Crippen molar-refractivity contribution >= 4 is 21.7 Å². The number of ketones is 1. The smallest absolute Gasteiger partial charge is 0.163 e. The summed E-state index contributed by atoms with van der Waals surface area (Å²) < 4.78 is 0. The number of benzene rings is 1. The maximum Gasteiger partial charge on any atom is 0.163 e. The Kier molecular flexibility index (Phi) is 5.31. The van der Waals surface area contributed by atoms with E-state index in [4.69, 9.17) is 0 Å². The van der Waals surface area contributed by atoms with Crippen molar-refractivity contribution in [3.63, 3.8) is 0 Å². The molecule has 0 heterocycles. The lowest BCUT2D eigenvalue weighted by Crippen LogP contribution is -2.19. The Labute approximate surface area is 114 Å². The maximum absolute atomic E-state index is 11.3. The highest BCUT2D eigenvalue weighted by Gasteiger charge is 2.21. The van der Waals surface area contributed by atoms with Crippen molar-refractivity contribution in [1.82, 2.24) is 0 Å². The molecule has 0 aromatic heterocycles. The number of aryl methyl sites for hydroxylation is 1. The molecule has 2 atom stereocenters. The van der Waals surface area contributed by atoms with Crippen molar-refractivity contribution in [2.45, 2.75) is 32.5 Å². The molecule has 5 heteroatoms. The van der Waals surface area contributed by atoms with Crippen LogP contribution in [0.15, 0.2) is 12.1 Å². The standard InChI is InChI=1S/C13H17BrO4/c1-7-5-10(8(2)15)12(17)6-9(7)13(18)11(16)3-4-14/h5-6,11,13,16-18H,3-4H2,1-2H3. The Morgan fingerprint density at radius 3 is 2.50 bits per heavy atom. The van der Waals surface area contributed by atoms with E-state index < -0.39 is 12.2 Å². The molecule has 0 spiro atoms. The minimum absolute atomic E-state index is 0.173. The number of aliphatic hydroxyl groups excluding tert-OH is 2. The van der Waals surface area contributed by atoms with E-state index in [9.17, 15) is 20.1 Å². The molecule has 4 nitrogen and oxygen atoms in total. The van der Waals surface area contributed by atoms with Crippen LogP contribution in [-0.2, 0) is 0 Å². The van der Waals surface area contributed by atoms with Crippen molar-refractivity contribution in [1.29, 1.82) is 0 Å². The van der Waals surface area contributed by atoms with E-state index >= 15 is 0 Å². The molecular weight excluding hydrogens is 300 g/mol. The average Bonchev–Trinajstić information content (AvgIpc) is 2.30. The van der Waals surface area contributed by atoms with Crippen LogP contribution in [-0.4, -0.2) is 32.5 Å². The molecule has 18 heavy (non-hydrogen) atoms. The highest BCUT2D eigenvalue weighted by molar-refractivity contribution is 9.09. The van der Waals surface area contributed by atoms with Gasteiger partial charge in [0.15, 0.2) is 5.78 Å². The summed E-state index contributed by atoms with van der Waals surface area (Å²) in [5, 5.41) is 30.0. The van der Waals surface area contributed by atoms with Gasteiger partial charge in [-0.1, -0.05) is 15.9 Å². The zero-order chi connectivity index (χ0) is 13.9. The number of hydrogen-bond acceptors (Lipinski definition) is 4. The van der Waals surface area contributed by atoms with Gasteiger partial charge >= 0.3 is 0 Å². The third-order valence-corrected chi connectivity index (χ3v) is 3.31. The summed E-state index contributed by atoms with van der Waals surface area (Å²) in [6, 6.07) is 2.87. The molecule has 0 bridgehead atoms. The number of carbonyl (C=O) groups is 1. The zero-order valence-electron chi connectivity index (χ0n) is 10.4. The fourth-order valence-corrected chi connectivity index (χ4v) is 2.26. The molecule has 100 valence electrons. The number of rotatable bonds is 5. The Bertz CT molecular complexity index is 445. The number of phenolic OH excluding ortho intramolecular Hbond substituents is 1. The largest absolute Gasteiger partial charge is 0.507 e. The van der Waals surface area contributed by atoms with Gasteiger partial charge in [-0.15, -0.1) is 0 Å². The van der Waals surface area contributed by atoms with E-state index in [0.29, 0.717) is 22.9 Å². The second-order valence-corrected chi connectivity index (χ2v) is 5.06. The van der Waals surface area contributed by atoms with Crippen LogP contribution in [0, 0.1) is 6.92 Å². The Hall–Kier alpha value is -0.910. The van der Waals surface area contributed by atoms with E-state index in [2.05, 4.69) is 15.9 Å². The fraction of sp³-hybridized carbons (Fsp3) is 0.462. The average molecular weight is 317 g/mol. The van der Waals surface area contributed by atoms with Crippen LogP contribution in [0.1, 0.15) is 40.9 Å². The van der Waals surface area contributed by atoms with Gasteiger partial charge in [-0.25, -0.2) is 0 Å². The first kappa shape index (κ1) is 15.1. The van der Waals surface area contributed by atoms with Crippen LogP contribution in [0.25, 0.3) is 0 Å². The molecule has 0 saturated carbocycles. The summed E-state index contributed by atoms with van der Waals surface area (Å²) in [5.41, 5.74) is 1.32. The van der Waals surface area contributed by atoms with Crippen LogP contribution in [0.4, 0.5) is 0 Å². The lowest BCUT2D eigenvalue weighted by atomic mass is 9.95. The molecule has 0 saturated heterocycles. The van der Waals surface area contributed by atoms with Crippen molar-refractivity contribution < 1.29 is 20.1 Å². The van der Waals surface area contributed by atoms with E-state index in [1.54, 1.807) is 6.92 Å². The van der Waals surface area contributed by atoms with Crippen LogP contribution in [0.2, 0.25) is 0 Å². The Morgan fingerprint density at radius 1 is 1.39 bits per heavy atom. The first-order valence-corrected chi connectivity index (χ1v) is 6.77. The monoisotopic (exact) mass is 316 g/mol. The van der Waals surface area contributed by atoms with Gasteiger partial charge < -0.3 is 15.3 Å². The van der Waals surface area contributed by atoms with E-state index in [1.807, 2.05) is 0 Å². The van der Waals surface area contributed by atoms with Crippen molar-refractivity contribution in [2.75, 3.05) is 5.33 Å². The number of aromatic hydroxyl groups is 1. The van der Waals surface area contributed by atoms with Gasteiger partial charge in [0.25, 0.3) is 0 Å². The molecule has 0 radical (unpaired) electrons. The summed E-state index contributed by atoms with van der Waals surface area (Å²) in [5.74, 6) is -0.411. The summed E-state index contributed by atoms with van der Waals surface area (Å²) >= 11 is 3.19. The third-order valence-electron chi connectivity index (χ3n) is 2.85. The molecule has 0 fully saturated rings. The third kappa shape index (κ3) is 3.31. The van der Waals surface area contributed by atoms with Crippen LogP contribution in [0.3, 0.4) is 0 Å². The molecular formula is C13H17BrO4. The van der Waals surface area contributed by atoms with Crippen LogP contribution in [0.5, 0.6) is 5.75 Å². The van der Waals surface area contributed by atoms with E-state index in [1.165, 1.54) is 19.1 Å². The fourth-order valence-electron chi connectivity index (χ4n) is 1.79. The highest BCUT2D eigenvalue weighted by Crippen LogP contribution is 2.29. The predicted molar refractivity (Wildman–Crippen MR) is 72.2 cm³/mol. The number of halogens is 1. The van der Waals surface area contributed by atoms with Gasteiger partial charge in [-0.05, 0) is 43.5 Å². The van der Waals surface area contributed by atoms with Crippen molar-refractivity contribution in [2.24, 2.45) is 0 Å². The summed E-state index contributed by atoms with van der Waals surface area (Å²) in [4.78, 5) is 11.3. The zero-order valence-corrected chi connectivity index (χ0v) is 11.9. The molecule has 1 rings (SSSR count). The first-order valence-electron chi connectivity index (χ1n) is 5.65. The quantitative estimate of drug-likeness (QED) is 0.574. The molecule has 0 aliphatic carbocycles. The minimum Gasteiger partial charge on any atom is -0.507 e. The number of hydrogen-bond donors (Lipinski definition) is 3. The summed E-state index contributed by atoms with van der Waals surface area (Å²) in [6.45, 7) is 3.09. The van der Waals surface area contributed by atoms with Gasteiger partial charge in [-0.3, -0.25) is 4.79 Å². The Balaban J connectivity index is 3.11. The van der Waals surface area contributed by atoms with E-state index in [0.717, 1.165) is 0 Å². The second-order valence-electron chi connectivity index (χ2n) is 4.27. The van der Waals surface area contributed by atoms with E-state index in [-0.39, 0.29) is 17.1 Å². The number of alkyl halides is 1. The second kappa shape index (κ2) is 6.31. The Morgan fingerprint density at radius 2 is 2.00 bits per heavy atom. The SMILES string of the molecule is CC(=O)c1cc(C)c(C(O)C(O)CCBr)cc1O. The lowest BCUT2D eigenvalue weighted by Gasteiger charge is -2.20. The number of Topliss-reactive ketones (excluding diaryl/α,β-unsaturated/α-hetero) is 1. The molecule has 1 aromatic carbocycles. The molecule has 3 N–H and O–H groups in total. The molecule has 0 aliphatic heterocycles.